The molecule has 0 amide bonds. The number of aliphatic imine (C=N–C) groups is 1. The molecule has 0 bridgehead atoms. The highest BCUT2D eigenvalue weighted by molar-refractivity contribution is 8.17. The Kier molecular flexibility index (Phi) is 5.23. The molecule has 27 heavy (non-hydrogen) atoms. The van der Waals surface area contributed by atoms with Crippen molar-refractivity contribution in [2.24, 2.45) is 4.99 Å². The van der Waals surface area contributed by atoms with Crippen LogP contribution in [0.2, 0.25) is 0 Å². The van der Waals surface area contributed by atoms with E-state index in [1.54, 1.807) is 0 Å². The van der Waals surface area contributed by atoms with E-state index in [9.17, 15) is 26.3 Å². The van der Waals surface area contributed by atoms with Gasteiger partial charge in [-0.15, -0.1) is 0 Å². The number of hydrogen-bond donors (Lipinski definition) is 1. The standard InChI is InChI=1S/C18H12F6N2S/c19-17(20,21)12-7-13(18(22,23)24)9-14(8-12)26-16-25-10-15(27-16)6-11-4-2-1-3-5-11/h1-9H,10H2,(H,25,26)/b15-6-. The maximum absolute atomic E-state index is 12.9. The molecular weight excluding hydrogens is 390 g/mol. The smallest absolute Gasteiger partial charge is 0.335 e. The molecule has 1 heterocycles. The third-order valence-electron chi connectivity index (χ3n) is 3.57. The van der Waals surface area contributed by atoms with Gasteiger partial charge in [-0.05, 0) is 29.8 Å². The minimum atomic E-state index is -4.89. The van der Waals surface area contributed by atoms with E-state index in [2.05, 4.69) is 10.3 Å². The predicted octanol–water partition coefficient (Wildman–Crippen LogP) is 6.28. The monoisotopic (exact) mass is 402 g/mol. The number of nitrogens with one attached hydrogen (secondary N) is 1. The summed E-state index contributed by atoms with van der Waals surface area (Å²) in [4.78, 5) is 4.96. The minimum Gasteiger partial charge on any atom is -0.335 e. The predicted molar refractivity (Wildman–Crippen MR) is 94.4 cm³/mol. The maximum atomic E-state index is 12.9. The van der Waals surface area contributed by atoms with Crippen molar-refractivity contribution in [1.29, 1.82) is 0 Å². The second kappa shape index (κ2) is 7.30. The van der Waals surface area contributed by atoms with Gasteiger partial charge >= 0.3 is 12.4 Å². The lowest BCUT2D eigenvalue weighted by atomic mass is 10.1. The van der Waals surface area contributed by atoms with Crippen LogP contribution in [0.15, 0.2) is 58.4 Å². The van der Waals surface area contributed by atoms with Crippen molar-refractivity contribution in [3.05, 3.63) is 70.1 Å². The van der Waals surface area contributed by atoms with Gasteiger partial charge < -0.3 is 5.32 Å². The molecule has 1 N–H and O–H groups in total. The molecule has 2 nitrogen and oxygen atoms in total. The number of hydrogen-bond acceptors (Lipinski definition) is 3. The number of halogens is 6. The fourth-order valence-electron chi connectivity index (χ4n) is 2.36. The SMILES string of the molecule is FC(F)(F)c1cc(NC2=NC/C(=C/c3ccccc3)S2)cc(C(F)(F)F)c1. The van der Waals surface area contributed by atoms with E-state index in [4.69, 9.17) is 0 Å². The average Bonchev–Trinajstić information content (AvgIpc) is 3.01. The number of benzene rings is 2. The molecule has 1 aliphatic heterocycles. The summed E-state index contributed by atoms with van der Waals surface area (Å²) in [7, 11) is 0. The van der Waals surface area contributed by atoms with Crippen molar-refractivity contribution in [2.45, 2.75) is 12.4 Å². The average molecular weight is 402 g/mol. The van der Waals surface area contributed by atoms with Crippen molar-refractivity contribution in [3.8, 4) is 0 Å². The minimum absolute atomic E-state index is 0.0928. The second-order valence-corrected chi connectivity index (χ2v) is 6.78. The molecule has 0 radical (unpaired) electrons. The lowest BCUT2D eigenvalue weighted by molar-refractivity contribution is -0.143. The summed E-state index contributed by atoms with van der Waals surface area (Å²) in [6.07, 6.45) is -7.92. The van der Waals surface area contributed by atoms with E-state index in [0.29, 0.717) is 18.7 Å². The molecular formula is C18H12F6N2S. The lowest BCUT2D eigenvalue weighted by Gasteiger charge is -2.15. The van der Waals surface area contributed by atoms with Crippen LogP contribution in [0.1, 0.15) is 16.7 Å². The van der Waals surface area contributed by atoms with Crippen molar-refractivity contribution >= 4 is 28.7 Å². The lowest BCUT2D eigenvalue weighted by Crippen LogP contribution is -2.13. The van der Waals surface area contributed by atoms with E-state index in [0.717, 1.165) is 22.2 Å². The number of anilines is 1. The fourth-order valence-corrected chi connectivity index (χ4v) is 3.23. The quantitative estimate of drug-likeness (QED) is 0.598. The molecule has 0 atom stereocenters. The van der Waals surface area contributed by atoms with Gasteiger partial charge in [0, 0.05) is 10.6 Å². The summed E-state index contributed by atoms with van der Waals surface area (Å²) in [6.45, 7) is 0.299. The number of amidine groups is 1. The van der Waals surface area contributed by atoms with Gasteiger partial charge in [0.2, 0.25) is 0 Å². The second-order valence-electron chi connectivity index (χ2n) is 5.66. The Hall–Kier alpha value is -2.42. The van der Waals surface area contributed by atoms with Gasteiger partial charge in [-0.2, -0.15) is 26.3 Å². The van der Waals surface area contributed by atoms with Gasteiger partial charge in [0.15, 0.2) is 5.17 Å². The Balaban J connectivity index is 1.81. The van der Waals surface area contributed by atoms with Gasteiger partial charge in [0.25, 0.3) is 0 Å². The summed E-state index contributed by atoms with van der Waals surface area (Å²) in [5.41, 5.74) is -2.13. The number of nitrogens with zero attached hydrogens (tertiary/aromatic N) is 1. The van der Waals surface area contributed by atoms with Gasteiger partial charge in [-0.25, -0.2) is 0 Å². The molecule has 0 saturated carbocycles. The Morgan fingerprint density at radius 1 is 0.889 bits per heavy atom. The van der Waals surface area contributed by atoms with E-state index < -0.39 is 23.5 Å². The number of rotatable bonds is 2. The van der Waals surface area contributed by atoms with Crippen LogP contribution in [0.4, 0.5) is 32.0 Å². The van der Waals surface area contributed by atoms with E-state index >= 15 is 0 Å². The number of thioether (sulfide) groups is 1. The molecule has 1 aliphatic rings. The molecule has 2 aromatic carbocycles. The molecule has 2 aromatic rings. The van der Waals surface area contributed by atoms with Crippen LogP contribution in [0, 0.1) is 0 Å². The summed E-state index contributed by atoms with van der Waals surface area (Å²) in [5.74, 6) is 0. The Morgan fingerprint density at radius 2 is 1.48 bits per heavy atom. The topological polar surface area (TPSA) is 24.4 Å². The Morgan fingerprint density at radius 3 is 2.04 bits per heavy atom. The third kappa shape index (κ3) is 5.06. The van der Waals surface area contributed by atoms with Gasteiger partial charge in [-0.1, -0.05) is 42.1 Å². The Labute approximate surface area is 155 Å². The highest BCUT2D eigenvalue weighted by Crippen LogP contribution is 2.38. The molecule has 0 spiro atoms. The van der Waals surface area contributed by atoms with Crippen LogP contribution >= 0.6 is 11.8 Å². The van der Waals surface area contributed by atoms with Crippen LogP contribution in [0.25, 0.3) is 6.08 Å². The third-order valence-corrected chi connectivity index (χ3v) is 4.51. The maximum Gasteiger partial charge on any atom is 0.416 e. The normalized spacial score (nSPS) is 16.5. The first-order valence-corrected chi connectivity index (χ1v) is 8.47. The van der Waals surface area contributed by atoms with Gasteiger partial charge in [0.1, 0.15) is 0 Å². The number of alkyl halides is 6. The molecule has 0 unspecified atom stereocenters. The largest absolute Gasteiger partial charge is 0.416 e. The summed E-state index contributed by atoms with van der Waals surface area (Å²) < 4.78 is 77.5. The summed E-state index contributed by atoms with van der Waals surface area (Å²) in [5, 5.41) is 2.79. The molecule has 3 rings (SSSR count). The molecule has 0 saturated heterocycles. The van der Waals surface area contributed by atoms with Crippen molar-refractivity contribution < 1.29 is 26.3 Å². The molecule has 0 fully saturated rings. The van der Waals surface area contributed by atoms with Crippen LogP contribution in [0.5, 0.6) is 0 Å². The molecule has 9 heteroatoms. The highest BCUT2D eigenvalue weighted by Gasteiger charge is 2.37. The molecule has 142 valence electrons. The van der Waals surface area contributed by atoms with Gasteiger partial charge in [-0.3, -0.25) is 4.99 Å². The first kappa shape index (κ1) is 19.3. The molecule has 0 aromatic heterocycles. The zero-order valence-corrected chi connectivity index (χ0v) is 14.3. The zero-order valence-electron chi connectivity index (χ0n) is 13.5. The van der Waals surface area contributed by atoms with E-state index in [-0.39, 0.29) is 16.9 Å². The fraction of sp³-hybridized carbons (Fsp3) is 0.167. The van der Waals surface area contributed by atoms with E-state index in [1.807, 2.05) is 36.4 Å². The molecule has 0 aliphatic carbocycles. The first-order chi connectivity index (χ1) is 12.6. The van der Waals surface area contributed by atoms with Gasteiger partial charge in [0.05, 0.1) is 17.7 Å². The van der Waals surface area contributed by atoms with Crippen molar-refractivity contribution in [2.75, 3.05) is 11.9 Å². The van der Waals surface area contributed by atoms with Crippen LogP contribution in [-0.4, -0.2) is 11.7 Å². The summed E-state index contributed by atoms with van der Waals surface area (Å²) in [6, 6.07) is 10.7. The van der Waals surface area contributed by atoms with Crippen molar-refractivity contribution in [1.82, 2.24) is 0 Å². The van der Waals surface area contributed by atoms with E-state index in [1.165, 1.54) is 0 Å². The zero-order chi connectivity index (χ0) is 19.7. The van der Waals surface area contributed by atoms with Crippen LogP contribution in [0.3, 0.4) is 0 Å². The summed E-state index contributed by atoms with van der Waals surface area (Å²) >= 11 is 1.16. The highest BCUT2D eigenvalue weighted by atomic mass is 32.2. The van der Waals surface area contributed by atoms with Crippen LogP contribution in [-0.2, 0) is 12.4 Å². The van der Waals surface area contributed by atoms with Crippen molar-refractivity contribution in [3.63, 3.8) is 0 Å². The Bertz CT molecular complexity index is 853. The van der Waals surface area contributed by atoms with Crippen LogP contribution < -0.4 is 5.32 Å². The first-order valence-electron chi connectivity index (χ1n) is 7.66.